The zero-order valence-corrected chi connectivity index (χ0v) is 15.4. The molecule has 0 fully saturated rings. The monoisotopic (exact) mass is 387 g/mol. The van der Waals surface area contributed by atoms with Gasteiger partial charge in [0.05, 0.1) is 29.3 Å². The highest BCUT2D eigenvalue weighted by molar-refractivity contribution is 6.39. The number of aromatic nitrogens is 2. The van der Waals surface area contributed by atoms with Crippen molar-refractivity contribution < 1.29 is 9.53 Å². The topological polar surface area (TPSA) is 78.8 Å². The molecule has 5 nitrogen and oxygen atoms in total. The van der Waals surface area contributed by atoms with Gasteiger partial charge in [-0.15, -0.1) is 0 Å². The summed E-state index contributed by atoms with van der Waals surface area (Å²) in [5.74, 6) is -1.03. The molecule has 0 saturated carbocycles. The van der Waals surface area contributed by atoms with Crippen LogP contribution in [-0.2, 0) is 11.2 Å². The van der Waals surface area contributed by atoms with Gasteiger partial charge in [0.1, 0.15) is 5.69 Å². The third-order valence-corrected chi connectivity index (χ3v) is 4.52. The summed E-state index contributed by atoms with van der Waals surface area (Å²) in [7, 11) is 0. The molecule has 1 unspecified atom stereocenters. The van der Waals surface area contributed by atoms with Gasteiger partial charge in [0, 0.05) is 22.1 Å². The average molecular weight is 388 g/mol. The summed E-state index contributed by atoms with van der Waals surface area (Å²) in [6.45, 7) is 1.97. The van der Waals surface area contributed by atoms with E-state index in [1.165, 1.54) is 0 Å². The standard InChI is InChI=1S/C19H15Cl2N3O2/c1-2-26-19(25)18-13(7-11(10-22)15-5-3-4-6-23-15)17-14(21)8-12(20)9-16(17)24-18/h3-6,8-9,11,24H,2,7H2,1H3. The fraction of sp³-hybridized carbons (Fsp3) is 0.211. The number of esters is 1. The van der Waals surface area contributed by atoms with E-state index in [0.29, 0.717) is 32.2 Å². The van der Waals surface area contributed by atoms with Gasteiger partial charge < -0.3 is 9.72 Å². The molecule has 0 radical (unpaired) electrons. The Morgan fingerprint density at radius 1 is 1.38 bits per heavy atom. The number of fused-ring (bicyclic) bond motifs is 1. The predicted octanol–water partition coefficient (Wildman–Crippen LogP) is 4.90. The van der Waals surface area contributed by atoms with Crippen molar-refractivity contribution in [2.45, 2.75) is 19.3 Å². The van der Waals surface area contributed by atoms with Crippen LogP contribution in [0.5, 0.6) is 0 Å². The summed E-state index contributed by atoms with van der Waals surface area (Å²) in [6, 6.07) is 10.9. The van der Waals surface area contributed by atoms with Crippen molar-refractivity contribution in [2.24, 2.45) is 0 Å². The van der Waals surface area contributed by atoms with Gasteiger partial charge in [-0.25, -0.2) is 4.79 Å². The van der Waals surface area contributed by atoms with E-state index in [0.717, 1.165) is 0 Å². The van der Waals surface area contributed by atoms with Crippen molar-refractivity contribution in [1.82, 2.24) is 9.97 Å². The number of aromatic amines is 1. The Morgan fingerprint density at radius 3 is 2.85 bits per heavy atom. The number of nitriles is 1. The molecule has 1 atom stereocenters. The van der Waals surface area contributed by atoms with E-state index < -0.39 is 11.9 Å². The molecule has 0 aliphatic rings. The molecule has 26 heavy (non-hydrogen) atoms. The number of nitrogens with one attached hydrogen (secondary N) is 1. The van der Waals surface area contributed by atoms with Gasteiger partial charge in [-0.2, -0.15) is 5.26 Å². The minimum absolute atomic E-state index is 0.240. The van der Waals surface area contributed by atoms with Crippen molar-refractivity contribution in [1.29, 1.82) is 5.26 Å². The second kappa shape index (κ2) is 7.77. The molecular formula is C19H15Cl2N3O2. The fourth-order valence-corrected chi connectivity index (χ4v) is 3.51. The maximum absolute atomic E-state index is 12.4. The Kier molecular flexibility index (Phi) is 5.46. The maximum atomic E-state index is 12.4. The van der Waals surface area contributed by atoms with Gasteiger partial charge in [-0.3, -0.25) is 4.98 Å². The summed E-state index contributed by atoms with van der Waals surface area (Å²) < 4.78 is 5.14. The van der Waals surface area contributed by atoms with Crippen molar-refractivity contribution >= 4 is 40.1 Å². The summed E-state index contributed by atoms with van der Waals surface area (Å²) in [6.07, 6.45) is 1.90. The first-order chi connectivity index (χ1) is 12.5. The van der Waals surface area contributed by atoms with Crippen LogP contribution >= 0.6 is 23.2 Å². The molecule has 1 aromatic carbocycles. The molecule has 0 spiro atoms. The molecule has 0 amide bonds. The maximum Gasteiger partial charge on any atom is 0.355 e. The van der Waals surface area contributed by atoms with Crippen LogP contribution < -0.4 is 0 Å². The van der Waals surface area contributed by atoms with E-state index in [2.05, 4.69) is 16.0 Å². The van der Waals surface area contributed by atoms with Crippen LogP contribution in [0.25, 0.3) is 10.9 Å². The molecule has 3 aromatic rings. The normalized spacial score (nSPS) is 11.9. The summed E-state index contributed by atoms with van der Waals surface area (Å²) in [5, 5.41) is 11.1. The molecule has 2 aromatic heterocycles. The van der Waals surface area contributed by atoms with Crippen molar-refractivity contribution in [3.63, 3.8) is 0 Å². The zero-order chi connectivity index (χ0) is 18.7. The molecule has 7 heteroatoms. The van der Waals surface area contributed by atoms with E-state index in [-0.39, 0.29) is 18.7 Å². The summed E-state index contributed by atoms with van der Waals surface area (Å²) in [4.78, 5) is 19.7. The van der Waals surface area contributed by atoms with Gasteiger partial charge in [-0.1, -0.05) is 29.3 Å². The Balaban J connectivity index is 2.14. The van der Waals surface area contributed by atoms with Gasteiger partial charge in [0.25, 0.3) is 0 Å². The molecule has 0 aliphatic carbocycles. The number of pyridine rings is 1. The fourth-order valence-electron chi connectivity index (χ4n) is 2.90. The van der Waals surface area contributed by atoms with Crippen LogP contribution in [-0.4, -0.2) is 22.5 Å². The highest BCUT2D eigenvalue weighted by Crippen LogP contribution is 2.35. The molecule has 2 heterocycles. The van der Waals surface area contributed by atoms with E-state index in [9.17, 15) is 10.1 Å². The Hall–Kier alpha value is -2.55. The molecule has 132 valence electrons. The SMILES string of the molecule is CCOC(=O)c1[nH]c2cc(Cl)cc(Cl)c2c1CC(C#N)c1ccccn1. The van der Waals surface area contributed by atoms with Crippen LogP contribution in [0, 0.1) is 11.3 Å². The van der Waals surface area contributed by atoms with E-state index >= 15 is 0 Å². The molecule has 3 rings (SSSR count). The molecule has 0 bridgehead atoms. The molecule has 1 N–H and O–H groups in total. The number of ether oxygens (including phenoxy) is 1. The number of halogens is 2. The van der Waals surface area contributed by atoms with Crippen molar-refractivity contribution in [3.05, 3.63) is 63.5 Å². The number of carbonyl (C=O) groups excluding carboxylic acids is 1. The lowest BCUT2D eigenvalue weighted by molar-refractivity contribution is 0.0519. The quantitative estimate of drug-likeness (QED) is 0.631. The third-order valence-electron chi connectivity index (χ3n) is 4.01. The Bertz CT molecular complexity index is 993. The van der Waals surface area contributed by atoms with Crippen LogP contribution in [0.15, 0.2) is 36.5 Å². The zero-order valence-electron chi connectivity index (χ0n) is 13.9. The number of H-pyrrole nitrogens is 1. The number of hydrogen-bond acceptors (Lipinski definition) is 4. The minimum Gasteiger partial charge on any atom is -0.461 e. The summed E-state index contributed by atoms with van der Waals surface area (Å²) in [5.41, 5.74) is 2.15. The number of rotatable bonds is 5. The van der Waals surface area contributed by atoms with Crippen LogP contribution in [0.4, 0.5) is 0 Å². The summed E-state index contributed by atoms with van der Waals surface area (Å²) >= 11 is 12.5. The molecule has 0 aliphatic heterocycles. The van der Waals surface area contributed by atoms with E-state index in [1.54, 1.807) is 37.4 Å². The van der Waals surface area contributed by atoms with Gasteiger partial charge in [-0.05, 0) is 43.2 Å². The minimum atomic E-state index is -0.532. The van der Waals surface area contributed by atoms with Gasteiger partial charge in [0.15, 0.2) is 0 Å². The molecular weight excluding hydrogens is 373 g/mol. The first kappa shape index (κ1) is 18.2. The lowest BCUT2D eigenvalue weighted by Gasteiger charge is -2.10. The first-order valence-electron chi connectivity index (χ1n) is 8.02. The van der Waals surface area contributed by atoms with Crippen molar-refractivity contribution in [3.8, 4) is 6.07 Å². The smallest absolute Gasteiger partial charge is 0.355 e. The van der Waals surface area contributed by atoms with E-state index in [1.807, 2.05) is 6.07 Å². The predicted molar refractivity (Wildman–Crippen MR) is 101 cm³/mol. The second-order valence-corrected chi connectivity index (χ2v) is 6.49. The van der Waals surface area contributed by atoms with Gasteiger partial charge >= 0.3 is 5.97 Å². The number of hydrogen-bond donors (Lipinski definition) is 1. The van der Waals surface area contributed by atoms with Crippen molar-refractivity contribution in [2.75, 3.05) is 6.61 Å². The Labute approximate surface area is 160 Å². The average Bonchev–Trinajstić information content (AvgIpc) is 2.99. The second-order valence-electron chi connectivity index (χ2n) is 5.65. The van der Waals surface area contributed by atoms with E-state index in [4.69, 9.17) is 27.9 Å². The largest absolute Gasteiger partial charge is 0.461 e. The van der Waals surface area contributed by atoms with Crippen LogP contribution in [0.3, 0.4) is 0 Å². The van der Waals surface area contributed by atoms with Crippen LogP contribution in [0.1, 0.15) is 34.6 Å². The number of benzene rings is 1. The lowest BCUT2D eigenvalue weighted by Crippen LogP contribution is -2.10. The first-order valence-corrected chi connectivity index (χ1v) is 8.78. The number of nitrogens with zero attached hydrogens (tertiary/aromatic N) is 2. The molecule has 0 saturated heterocycles. The number of carbonyl (C=O) groups is 1. The van der Waals surface area contributed by atoms with Crippen LogP contribution in [0.2, 0.25) is 10.0 Å². The third kappa shape index (κ3) is 3.52. The highest BCUT2D eigenvalue weighted by atomic mass is 35.5. The van der Waals surface area contributed by atoms with Gasteiger partial charge in [0.2, 0.25) is 0 Å². The Morgan fingerprint density at radius 2 is 2.19 bits per heavy atom. The lowest BCUT2D eigenvalue weighted by atomic mass is 9.95. The highest BCUT2D eigenvalue weighted by Gasteiger charge is 2.25.